The first-order valence-electron chi connectivity index (χ1n) is 4.66. The van der Waals surface area contributed by atoms with Crippen LogP contribution in [0.3, 0.4) is 0 Å². The highest BCUT2D eigenvalue weighted by atomic mass is 15.1. The van der Waals surface area contributed by atoms with Gasteiger partial charge in [0.05, 0.1) is 6.20 Å². The van der Waals surface area contributed by atoms with Gasteiger partial charge in [-0.15, -0.1) is 5.10 Å². The first kappa shape index (κ1) is 9.06. The lowest BCUT2D eigenvalue weighted by atomic mass is 9.86. The second kappa shape index (κ2) is 3.01. The molecule has 0 spiro atoms. The monoisotopic (exact) mass is 187 g/mol. The molecule has 0 aliphatic heterocycles. The van der Waals surface area contributed by atoms with Crippen LogP contribution in [-0.4, -0.2) is 15.2 Å². The number of hydrogen-bond donors (Lipinski definition) is 0. The number of aromatic nitrogens is 3. The molecule has 0 aliphatic carbocycles. The Hall–Kier alpha value is -1.51. The molecule has 2 heterocycles. The van der Waals surface area contributed by atoms with E-state index in [0.29, 0.717) is 0 Å². The Bertz CT molecular complexity index is 452. The predicted octanol–water partition coefficient (Wildman–Crippen LogP) is 2.32. The lowest BCUT2D eigenvalue weighted by Crippen LogP contribution is -2.12. The van der Waals surface area contributed by atoms with E-state index in [9.17, 15) is 0 Å². The Kier molecular flexibility index (Phi) is 1.95. The van der Waals surface area contributed by atoms with Gasteiger partial charge in [-0.05, 0) is 23.1 Å². The SMILES string of the molecule is CC(C)(C)c1ccnc2nnccc12. The summed E-state index contributed by atoms with van der Waals surface area (Å²) < 4.78 is 0. The third-order valence-electron chi connectivity index (χ3n) is 2.24. The van der Waals surface area contributed by atoms with E-state index in [-0.39, 0.29) is 5.41 Å². The third-order valence-corrected chi connectivity index (χ3v) is 2.24. The zero-order valence-corrected chi connectivity index (χ0v) is 8.65. The Morgan fingerprint density at radius 3 is 2.57 bits per heavy atom. The second-order valence-corrected chi connectivity index (χ2v) is 4.38. The lowest BCUT2D eigenvalue weighted by molar-refractivity contribution is 0.595. The fourth-order valence-corrected chi connectivity index (χ4v) is 1.56. The molecule has 2 rings (SSSR count). The van der Waals surface area contributed by atoms with Crippen molar-refractivity contribution in [3.63, 3.8) is 0 Å². The Morgan fingerprint density at radius 1 is 1.07 bits per heavy atom. The second-order valence-electron chi connectivity index (χ2n) is 4.38. The van der Waals surface area contributed by atoms with Crippen molar-refractivity contribution < 1.29 is 0 Å². The molecule has 0 saturated heterocycles. The summed E-state index contributed by atoms with van der Waals surface area (Å²) in [5.41, 5.74) is 2.10. The highest BCUT2D eigenvalue weighted by Crippen LogP contribution is 2.27. The predicted molar refractivity (Wildman–Crippen MR) is 56.0 cm³/mol. The highest BCUT2D eigenvalue weighted by molar-refractivity contribution is 5.78. The van der Waals surface area contributed by atoms with Gasteiger partial charge in [-0.1, -0.05) is 20.8 Å². The van der Waals surface area contributed by atoms with Crippen LogP contribution in [0.4, 0.5) is 0 Å². The molecule has 0 bridgehead atoms. The largest absolute Gasteiger partial charge is 0.235 e. The van der Waals surface area contributed by atoms with Gasteiger partial charge in [0, 0.05) is 11.6 Å². The Labute approximate surface area is 83.2 Å². The van der Waals surface area contributed by atoms with Crippen molar-refractivity contribution >= 4 is 11.0 Å². The van der Waals surface area contributed by atoms with Gasteiger partial charge in [-0.25, -0.2) is 4.98 Å². The molecule has 0 unspecified atom stereocenters. The zero-order chi connectivity index (χ0) is 10.2. The van der Waals surface area contributed by atoms with Crippen molar-refractivity contribution in [3.05, 3.63) is 30.1 Å². The number of rotatable bonds is 0. The van der Waals surface area contributed by atoms with E-state index in [4.69, 9.17) is 0 Å². The number of fused-ring (bicyclic) bond motifs is 1. The van der Waals surface area contributed by atoms with E-state index in [2.05, 4.69) is 36.0 Å². The third kappa shape index (κ3) is 1.45. The first-order chi connectivity index (χ1) is 6.59. The molecule has 0 saturated carbocycles. The molecule has 2 aromatic rings. The normalized spacial score (nSPS) is 11.9. The van der Waals surface area contributed by atoms with Crippen LogP contribution >= 0.6 is 0 Å². The molecule has 2 aromatic heterocycles. The Balaban J connectivity index is 2.78. The highest BCUT2D eigenvalue weighted by Gasteiger charge is 2.16. The van der Waals surface area contributed by atoms with Crippen molar-refractivity contribution in [1.82, 2.24) is 15.2 Å². The van der Waals surface area contributed by atoms with E-state index >= 15 is 0 Å². The molecule has 3 heteroatoms. The van der Waals surface area contributed by atoms with E-state index in [0.717, 1.165) is 11.0 Å². The van der Waals surface area contributed by atoms with Crippen LogP contribution < -0.4 is 0 Å². The van der Waals surface area contributed by atoms with Gasteiger partial charge in [0.1, 0.15) is 0 Å². The summed E-state index contributed by atoms with van der Waals surface area (Å²) >= 11 is 0. The van der Waals surface area contributed by atoms with Crippen molar-refractivity contribution in [3.8, 4) is 0 Å². The average Bonchev–Trinajstić information content (AvgIpc) is 2.15. The molecule has 0 aromatic carbocycles. The summed E-state index contributed by atoms with van der Waals surface area (Å²) in [7, 11) is 0. The standard InChI is InChI=1S/C11H13N3/c1-11(2,3)9-5-6-12-10-8(9)4-7-13-14-10/h4-7H,1-3H3. The topological polar surface area (TPSA) is 38.7 Å². The summed E-state index contributed by atoms with van der Waals surface area (Å²) in [6.45, 7) is 6.55. The smallest absolute Gasteiger partial charge is 0.182 e. The first-order valence-corrected chi connectivity index (χ1v) is 4.66. The Morgan fingerprint density at radius 2 is 1.86 bits per heavy atom. The van der Waals surface area contributed by atoms with Crippen LogP contribution in [0, 0.1) is 0 Å². The molecule has 0 N–H and O–H groups in total. The molecular weight excluding hydrogens is 174 g/mol. The summed E-state index contributed by atoms with van der Waals surface area (Å²) in [5.74, 6) is 0. The van der Waals surface area contributed by atoms with Crippen LogP contribution in [0.2, 0.25) is 0 Å². The number of hydrogen-bond acceptors (Lipinski definition) is 3. The van der Waals surface area contributed by atoms with Gasteiger partial charge in [-0.3, -0.25) is 0 Å². The van der Waals surface area contributed by atoms with Crippen LogP contribution in [0.5, 0.6) is 0 Å². The van der Waals surface area contributed by atoms with Crippen LogP contribution in [0.25, 0.3) is 11.0 Å². The number of pyridine rings is 1. The van der Waals surface area contributed by atoms with Gasteiger partial charge >= 0.3 is 0 Å². The molecule has 0 atom stereocenters. The van der Waals surface area contributed by atoms with E-state index in [1.165, 1.54) is 5.56 Å². The lowest BCUT2D eigenvalue weighted by Gasteiger charge is -2.20. The van der Waals surface area contributed by atoms with Gasteiger partial charge < -0.3 is 0 Å². The molecule has 0 aliphatic rings. The van der Waals surface area contributed by atoms with Crippen LogP contribution in [-0.2, 0) is 5.41 Å². The van der Waals surface area contributed by atoms with Crippen molar-refractivity contribution in [1.29, 1.82) is 0 Å². The fraction of sp³-hybridized carbons (Fsp3) is 0.364. The van der Waals surface area contributed by atoms with Gasteiger partial charge in [0.25, 0.3) is 0 Å². The average molecular weight is 187 g/mol. The zero-order valence-electron chi connectivity index (χ0n) is 8.65. The maximum absolute atomic E-state index is 4.18. The summed E-state index contributed by atoms with van der Waals surface area (Å²) in [6.07, 6.45) is 3.50. The van der Waals surface area contributed by atoms with Crippen LogP contribution in [0.15, 0.2) is 24.5 Å². The molecule has 72 valence electrons. The summed E-state index contributed by atoms with van der Waals surface area (Å²) in [4.78, 5) is 4.18. The van der Waals surface area contributed by atoms with E-state index in [1.54, 1.807) is 12.4 Å². The molecular formula is C11H13N3. The molecule has 0 fully saturated rings. The number of nitrogens with zero attached hydrogens (tertiary/aromatic N) is 3. The van der Waals surface area contributed by atoms with Crippen molar-refractivity contribution in [2.24, 2.45) is 0 Å². The fourth-order valence-electron chi connectivity index (χ4n) is 1.56. The maximum Gasteiger partial charge on any atom is 0.182 e. The minimum Gasteiger partial charge on any atom is -0.235 e. The summed E-state index contributed by atoms with van der Waals surface area (Å²) in [6, 6.07) is 4.01. The minimum absolute atomic E-state index is 0.115. The molecule has 14 heavy (non-hydrogen) atoms. The quantitative estimate of drug-likeness (QED) is 0.635. The molecule has 3 nitrogen and oxygen atoms in total. The van der Waals surface area contributed by atoms with Crippen molar-refractivity contribution in [2.45, 2.75) is 26.2 Å². The van der Waals surface area contributed by atoms with Gasteiger partial charge in [0.15, 0.2) is 5.65 Å². The summed E-state index contributed by atoms with van der Waals surface area (Å²) in [5, 5.41) is 8.91. The van der Waals surface area contributed by atoms with E-state index < -0.39 is 0 Å². The van der Waals surface area contributed by atoms with E-state index in [1.807, 2.05) is 12.1 Å². The van der Waals surface area contributed by atoms with Gasteiger partial charge in [-0.2, -0.15) is 5.10 Å². The van der Waals surface area contributed by atoms with Crippen molar-refractivity contribution in [2.75, 3.05) is 0 Å². The van der Waals surface area contributed by atoms with Crippen LogP contribution in [0.1, 0.15) is 26.3 Å². The molecule has 0 amide bonds. The molecule has 0 radical (unpaired) electrons. The van der Waals surface area contributed by atoms with Gasteiger partial charge in [0.2, 0.25) is 0 Å². The maximum atomic E-state index is 4.18. The minimum atomic E-state index is 0.115.